The second-order valence-corrected chi connectivity index (χ2v) is 4.37. The number of hydrogen-bond acceptors (Lipinski definition) is 3. The Hall–Kier alpha value is -1.57. The molecule has 0 aliphatic rings. The number of benzene rings is 1. The van der Waals surface area contributed by atoms with E-state index in [-0.39, 0.29) is 12.3 Å². The van der Waals surface area contributed by atoms with Crippen LogP contribution < -0.4 is 5.32 Å². The summed E-state index contributed by atoms with van der Waals surface area (Å²) in [6, 6.07) is 8.11. The Balaban J connectivity index is 2.54. The van der Waals surface area contributed by atoms with Gasteiger partial charge in [0.15, 0.2) is 0 Å². The molecule has 0 heterocycles. The van der Waals surface area contributed by atoms with E-state index >= 15 is 0 Å². The molecule has 0 aliphatic heterocycles. The molecule has 18 heavy (non-hydrogen) atoms. The maximum Gasteiger partial charge on any atom is 0.223 e. The molecular weight excluding hydrogens is 252 g/mol. The van der Waals surface area contributed by atoms with Gasteiger partial charge in [0.2, 0.25) is 5.91 Å². The zero-order valence-corrected chi connectivity index (χ0v) is 10.8. The van der Waals surface area contributed by atoms with E-state index in [0.29, 0.717) is 17.0 Å². The third-order valence-corrected chi connectivity index (χ3v) is 2.78. The first kappa shape index (κ1) is 14.5. The van der Waals surface area contributed by atoms with Crippen LogP contribution in [0.3, 0.4) is 0 Å². The lowest BCUT2D eigenvalue weighted by Gasteiger charge is -2.13. The Labute approximate surface area is 111 Å². The number of halogens is 1. The molecule has 1 amide bonds. The van der Waals surface area contributed by atoms with Crippen molar-refractivity contribution in [3.63, 3.8) is 0 Å². The molecule has 0 aliphatic carbocycles. The lowest BCUT2D eigenvalue weighted by molar-refractivity contribution is -0.123. The van der Waals surface area contributed by atoms with Gasteiger partial charge < -0.3 is 10.4 Å². The molecule has 2 atom stereocenters. The number of nitriles is 1. The highest BCUT2D eigenvalue weighted by molar-refractivity contribution is 6.30. The molecule has 0 aromatic heterocycles. The van der Waals surface area contributed by atoms with Crippen molar-refractivity contribution in [2.24, 2.45) is 0 Å². The Morgan fingerprint density at radius 2 is 2.11 bits per heavy atom. The number of amides is 1. The topological polar surface area (TPSA) is 73.1 Å². The second-order valence-electron chi connectivity index (χ2n) is 3.93. The Morgan fingerprint density at radius 3 is 2.61 bits per heavy atom. The molecule has 0 bridgehead atoms. The van der Waals surface area contributed by atoms with Gasteiger partial charge in [0, 0.05) is 5.02 Å². The first-order valence-electron chi connectivity index (χ1n) is 5.69. The van der Waals surface area contributed by atoms with Crippen molar-refractivity contribution in [3.8, 4) is 6.07 Å². The summed E-state index contributed by atoms with van der Waals surface area (Å²) in [6.07, 6.45) is -0.419. The van der Waals surface area contributed by atoms with E-state index in [9.17, 15) is 9.90 Å². The van der Waals surface area contributed by atoms with Crippen LogP contribution >= 0.6 is 11.6 Å². The SMILES string of the molecule is CCC(C#N)NC(=O)CC(O)c1ccc(Cl)cc1. The van der Waals surface area contributed by atoms with Crippen LogP contribution in [0.4, 0.5) is 0 Å². The Kier molecular flexibility index (Phi) is 5.63. The van der Waals surface area contributed by atoms with E-state index in [1.807, 2.05) is 13.0 Å². The molecule has 1 aromatic carbocycles. The van der Waals surface area contributed by atoms with Crippen molar-refractivity contribution in [2.75, 3.05) is 0 Å². The quantitative estimate of drug-likeness (QED) is 0.858. The molecule has 1 rings (SSSR count). The molecule has 4 nitrogen and oxygen atoms in total. The van der Waals surface area contributed by atoms with Crippen LogP contribution in [-0.2, 0) is 4.79 Å². The molecule has 1 aromatic rings. The number of rotatable bonds is 5. The predicted octanol–water partition coefficient (Wildman–Crippen LogP) is 2.18. The summed E-state index contributed by atoms with van der Waals surface area (Å²) in [7, 11) is 0. The van der Waals surface area contributed by atoms with Gasteiger partial charge in [-0.2, -0.15) is 5.26 Å². The molecule has 5 heteroatoms. The third-order valence-electron chi connectivity index (χ3n) is 2.53. The normalized spacial score (nSPS) is 13.4. The first-order valence-corrected chi connectivity index (χ1v) is 6.07. The van der Waals surface area contributed by atoms with Crippen molar-refractivity contribution in [1.82, 2.24) is 5.32 Å². The fourth-order valence-corrected chi connectivity index (χ4v) is 1.58. The average molecular weight is 267 g/mol. The fraction of sp³-hybridized carbons (Fsp3) is 0.385. The summed E-state index contributed by atoms with van der Waals surface area (Å²) < 4.78 is 0. The summed E-state index contributed by atoms with van der Waals surface area (Å²) in [5.41, 5.74) is 0.625. The van der Waals surface area contributed by atoms with Gasteiger partial charge >= 0.3 is 0 Å². The molecule has 0 fully saturated rings. The summed E-state index contributed by atoms with van der Waals surface area (Å²) in [5.74, 6) is -0.342. The Morgan fingerprint density at radius 1 is 1.50 bits per heavy atom. The number of nitrogens with zero attached hydrogens (tertiary/aromatic N) is 1. The lowest BCUT2D eigenvalue weighted by Crippen LogP contribution is -2.34. The number of nitrogens with one attached hydrogen (secondary N) is 1. The highest BCUT2D eigenvalue weighted by Crippen LogP contribution is 2.19. The number of aliphatic hydroxyl groups excluding tert-OH is 1. The van der Waals surface area contributed by atoms with Crippen LogP contribution in [0.5, 0.6) is 0 Å². The lowest BCUT2D eigenvalue weighted by atomic mass is 10.1. The molecular formula is C13H15ClN2O2. The van der Waals surface area contributed by atoms with Crippen LogP contribution in [0.15, 0.2) is 24.3 Å². The zero-order chi connectivity index (χ0) is 13.5. The van der Waals surface area contributed by atoms with Gasteiger partial charge in [0.25, 0.3) is 0 Å². The summed E-state index contributed by atoms with van der Waals surface area (Å²) in [5, 5.41) is 21.7. The number of carbonyl (C=O) groups excluding carboxylic acids is 1. The van der Waals surface area contributed by atoms with Crippen molar-refractivity contribution in [2.45, 2.75) is 31.9 Å². The smallest absolute Gasteiger partial charge is 0.223 e. The van der Waals surface area contributed by atoms with Gasteiger partial charge in [-0.25, -0.2) is 0 Å². The van der Waals surface area contributed by atoms with E-state index in [2.05, 4.69) is 5.32 Å². The Bertz CT molecular complexity index is 439. The highest BCUT2D eigenvalue weighted by atomic mass is 35.5. The van der Waals surface area contributed by atoms with E-state index in [0.717, 1.165) is 0 Å². The minimum absolute atomic E-state index is 0.0696. The van der Waals surface area contributed by atoms with Gasteiger partial charge in [0.05, 0.1) is 18.6 Å². The number of aliphatic hydroxyl groups is 1. The number of hydrogen-bond donors (Lipinski definition) is 2. The standard InChI is InChI=1S/C13H15ClN2O2/c1-2-11(8-15)16-13(18)7-12(17)9-3-5-10(14)6-4-9/h3-6,11-12,17H,2,7H2,1H3,(H,16,18). The number of carbonyl (C=O) groups is 1. The van der Waals surface area contributed by atoms with E-state index in [4.69, 9.17) is 16.9 Å². The van der Waals surface area contributed by atoms with Gasteiger partial charge in [-0.3, -0.25) is 4.79 Å². The summed E-state index contributed by atoms with van der Waals surface area (Å²) in [4.78, 5) is 11.6. The maximum absolute atomic E-state index is 11.6. The average Bonchev–Trinajstić information content (AvgIpc) is 2.36. The molecule has 2 unspecified atom stereocenters. The van der Waals surface area contributed by atoms with Gasteiger partial charge in [0.1, 0.15) is 6.04 Å². The van der Waals surface area contributed by atoms with Gasteiger partial charge in [-0.15, -0.1) is 0 Å². The van der Waals surface area contributed by atoms with Crippen molar-refractivity contribution in [3.05, 3.63) is 34.9 Å². The first-order chi connectivity index (χ1) is 8.56. The summed E-state index contributed by atoms with van der Waals surface area (Å²) in [6.45, 7) is 1.81. The van der Waals surface area contributed by atoms with E-state index in [1.54, 1.807) is 24.3 Å². The third kappa shape index (κ3) is 4.36. The van der Waals surface area contributed by atoms with Crippen LogP contribution in [0.2, 0.25) is 5.02 Å². The largest absolute Gasteiger partial charge is 0.388 e. The molecule has 0 spiro atoms. The van der Waals surface area contributed by atoms with Crippen LogP contribution in [0.1, 0.15) is 31.4 Å². The van der Waals surface area contributed by atoms with E-state index < -0.39 is 12.1 Å². The van der Waals surface area contributed by atoms with Gasteiger partial charge in [-0.05, 0) is 24.1 Å². The minimum Gasteiger partial charge on any atom is -0.388 e. The molecule has 0 saturated carbocycles. The fourth-order valence-electron chi connectivity index (χ4n) is 1.46. The minimum atomic E-state index is -0.890. The molecule has 0 saturated heterocycles. The van der Waals surface area contributed by atoms with Crippen LogP contribution in [0, 0.1) is 11.3 Å². The molecule has 96 valence electrons. The van der Waals surface area contributed by atoms with E-state index in [1.165, 1.54) is 0 Å². The van der Waals surface area contributed by atoms with Crippen LogP contribution in [-0.4, -0.2) is 17.1 Å². The highest BCUT2D eigenvalue weighted by Gasteiger charge is 2.15. The van der Waals surface area contributed by atoms with Crippen LogP contribution in [0.25, 0.3) is 0 Å². The second kappa shape index (κ2) is 7.00. The predicted molar refractivity (Wildman–Crippen MR) is 68.9 cm³/mol. The van der Waals surface area contributed by atoms with Crippen molar-refractivity contribution in [1.29, 1.82) is 5.26 Å². The maximum atomic E-state index is 11.6. The van der Waals surface area contributed by atoms with Gasteiger partial charge in [-0.1, -0.05) is 30.7 Å². The molecule has 2 N–H and O–H groups in total. The zero-order valence-electron chi connectivity index (χ0n) is 10.1. The summed E-state index contributed by atoms with van der Waals surface area (Å²) >= 11 is 5.73. The van der Waals surface area contributed by atoms with Crippen molar-refractivity contribution < 1.29 is 9.90 Å². The molecule has 0 radical (unpaired) electrons. The monoisotopic (exact) mass is 266 g/mol. The van der Waals surface area contributed by atoms with Crippen molar-refractivity contribution >= 4 is 17.5 Å².